The lowest BCUT2D eigenvalue weighted by molar-refractivity contribution is -0.274. The van der Waals surface area contributed by atoms with Crippen LogP contribution in [0.15, 0.2) is 34.9 Å². The number of carbonyl (C=O) groups excluding carboxylic acids is 1. The SMILES string of the molecule is Cc1cc(CNC(=O)NCC2CCN(c3ccc(OC(F)(F)F)cc3)C2)on1. The zero-order valence-electron chi connectivity index (χ0n) is 15.3. The van der Waals surface area contributed by atoms with Gasteiger partial charge in [0, 0.05) is 31.4 Å². The number of hydrogen-bond donors (Lipinski definition) is 2. The van der Waals surface area contributed by atoms with E-state index in [2.05, 4.69) is 25.4 Å². The Morgan fingerprint density at radius 1 is 1.32 bits per heavy atom. The maximum atomic E-state index is 12.2. The maximum absolute atomic E-state index is 12.2. The van der Waals surface area contributed by atoms with Gasteiger partial charge in [0.25, 0.3) is 0 Å². The Morgan fingerprint density at radius 2 is 2.07 bits per heavy atom. The standard InChI is InChI=1S/C18H21F3N4O3/c1-12-8-16(28-24-12)10-23-17(26)22-9-13-6-7-25(11-13)14-2-4-15(5-3-14)27-18(19,20)21/h2-5,8,13H,6-7,9-11H2,1H3,(H2,22,23,26). The summed E-state index contributed by atoms with van der Waals surface area (Å²) in [7, 11) is 0. The molecule has 2 aromatic rings. The minimum Gasteiger partial charge on any atom is -0.406 e. The van der Waals surface area contributed by atoms with Gasteiger partial charge in [-0.15, -0.1) is 13.2 Å². The van der Waals surface area contributed by atoms with E-state index >= 15 is 0 Å². The molecule has 2 N–H and O–H groups in total. The minimum absolute atomic E-state index is 0.243. The first-order chi connectivity index (χ1) is 13.3. The molecule has 1 unspecified atom stereocenters. The number of nitrogens with one attached hydrogen (secondary N) is 2. The summed E-state index contributed by atoms with van der Waals surface area (Å²) in [6.07, 6.45) is -3.82. The molecule has 1 aliphatic heterocycles. The van der Waals surface area contributed by atoms with Gasteiger partial charge in [-0.25, -0.2) is 4.79 Å². The van der Waals surface area contributed by atoms with Gasteiger partial charge in [-0.05, 0) is 43.5 Å². The summed E-state index contributed by atoms with van der Waals surface area (Å²) in [5.41, 5.74) is 1.57. The molecule has 1 aliphatic rings. The average Bonchev–Trinajstić information content (AvgIpc) is 3.26. The van der Waals surface area contributed by atoms with Crippen molar-refractivity contribution in [2.45, 2.75) is 26.3 Å². The zero-order chi connectivity index (χ0) is 20.1. The van der Waals surface area contributed by atoms with Crippen LogP contribution in [0.2, 0.25) is 0 Å². The van der Waals surface area contributed by atoms with Crippen molar-refractivity contribution in [2.24, 2.45) is 5.92 Å². The zero-order valence-corrected chi connectivity index (χ0v) is 15.3. The molecule has 0 spiro atoms. The average molecular weight is 398 g/mol. The van der Waals surface area contributed by atoms with Crippen LogP contribution in [0.5, 0.6) is 5.75 Å². The number of urea groups is 1. The molecule has 28 heavy (non-hydrogen) atoms. The van der Waals surface area contributed by atoms with Gasteiger partial charge in [0.05, 0.1) is 12.2 Å². The highest BCUT2D eigenvalue weighted by molar-refractivity contribution is 5.73. The molecule has 1 fully saturated rings. The third-order valence-electron chi connectivity index (χ3n) is 4.37. The van der Waals surface area contributed by atoms with E-state index in [-0.39, 0.29) is 24.2 Å². The van der Waals surface area contributed by atoms with E-state index in [1.807, 2.05) is 0 Å². The fourth-order valence-electron chi connectivity index (χ4n) is 3.06. The number of aryl methyl sites for hydroxylation is 1. The van der Waals surface area contributed by atoms with Gasteiger partial charge in [-0.2, -0.15) is 0 Å². The summed E-state index contributed by atoms with van der Waals surface area (Å²) in [4.78, 5) is 13.9. The first kappa shape index (κ1) is 19.8. The molecule has 1 aromatic heterocycles. The van der Waals surface area contributed by atoms with Crippen LogP contribution < -0.4 is 20.3 Å². The Labute approximate surface area is 159 Å². The van der Waals surface area contributed by atoms with Crippen molar-refractivity contribution in [3.63, 3.8) is 0 Å². The predicted molar refractivity (Wildman–Crippen MR) is 94.9 cm³/mol. The third kappa shape index (κ3) is 5.80. The summed E-state index contributed by atoms with van der Waals surface area (Å²) < 4.78 is 45.5. The molecule has 3 rings (SSSR count). The van der Waals surface area contributed by atoms with Crippen molar-refractivity contribution in [3.05, 3.63) is 41.8 Å². The number of halogens is 3. The lowest BCUT2D eigenvalue weighted by Gasteiger charge is -2.19. The molecule has 0 bridgehead atoms. The molecular formula is C18H21F3N4O3. The van der Waals surface area contributed by atoms with Crippen LogP contribution in [0, 0.1) is 12.8 Å². The van der Waals surface area contributed by atoms with Crippen molar-refractivity contribution < 1.29 is 27.2 Å². The van der Waals surface area contributed by atoms with E-state index in [4.69, 9.17) is 4.52 Å². The lowest BCUT2D eigenvalue weighted by Crippen LogP contribution is -2.38. The molecule has 2 amide bonds. The summed E-state index contributed by atoms with van der Waals surface area (Å²) in [6, 6.07) is 7.26. The molecule has 1 saturated heterocycles. The van der Waals surface area contributed by atoms with Crippen LogP contribution >= 0.6 is 0 Å². The third-order valence-corrected chi connectivity index (χ3v) is 4.37. The molecule has 2 heterocycles. The molecule has 0 saturated carbocycles. The Bertz CT molecular complexity index is 792. The summed E-state index contributed by atoms with van der Waals surface area (Å²) in [5, 5.41) is 9.27. The molecule has 0 radical (unpaired) electrons. The Balaban J connectivity index is 1.40. The fourth-order valence-corrected chi connectivity index (χ4v) is 3.06. The van der Waals surface area contributed by atoms with Crippen molar-refractivity contribution >= 4 is 11.7 Å². The number of amides is 2. The number of ether oxygens (including phenoxy) is 1. The van der Waals surface area contributed by atoms with E-state index in [0.29, 0.717) is 18.8 Å². The number of aromatic nitrogens is 1. The van der Waals surface area contributed by atoms with Crippen LogP contribution in [-0.4, -0.2) is 37.2 Å². The van der Waals surface area contributed by atoms with E-state index < -0.39 is 6.36 Å². The van der Waals surface area contributed by atoms with Crippen molar-refractivity contribution in [1.29, 1.82) is 0 Å². The summed E-state index contributed by atoms with van der Waals surface area (Å²) >= 11 is 0. The smallest absolute Gasteiger partial charge is 0.406 e. The summed E-state index contributed by atoms with van der Waals surface area (Å²) in [5.74, 6) is 0.592. The van der Waals surface area contributed by atoms with Crippen molar-refractivity contribution in [1.82, 2.24) is 15.8 Å². The Hall–Kier alpha value is -2.91. The van der Waals surface area contributed by atoms with E-state index in [9.17, 15) is 18.0 Å². The monoisotopic (exact) mass is 398 g/mol. The van der Waals surface area contributed by atoms with E-state index in [1.54, 1.807) is 25.1 Å². The van der Waals surface area contributed by atoms with Gasteiger partial charge in [0.1, 0.15) is 5.75 Å². The largest absolute Gasteiger partial charge is 0.573 e. The normalized spacial score (nSPS) is 16.9. The Morgan fingerprint density at radius 3 is 2.71 bits per heavy atom. The van der Waals surface area contributed by atoms with Gasteiger partial charge >= 0.3 is 12.4 Å². The van der Waals surface area contributed by atoms with Crippen molar-refractivity contribution in [2.75, 3.05) is 24.5 Å². The minimum atomic E-state index is -4.70. The van der Waals surface area contributed by atoms with Crippen molar-refractivity contribution in [3.8, 4) is 5.75 Å². The highest BCUT2D eigenvalue weighted by Gasteiger charge is 2.31. The second kappa shape index (κ2) is 8.41. The topological polar surface area (TPSA) is 79.6 Å². The highest BCUT2D eigenvalue weighted by Crippen LogP contribution is 2.28. The second-order valence-electron chi connectivity index (χ2n) is 6.64. The quantitative estimate of drug-likeness (QED) is 0.781. The van der Waals surface area contributed by atoms with Gasteiger partial charge in [-0.3, -0.25) is 0 Å². The van der Waals surface area contributed by atoms with Gasteiger partial charge < -0.3 is 24.8 Å². The lowest BCUT2D eigenvalue weighted by atomic mass is 10.1. The number of benzene rings is 1. The van der Waals surface area contributed by atoms with Crippen LogP contribution in [-0.2, 0) is 6.54 Å². The van der Waals surface area contributed by atoms with Crippen LogP contribution in [0.25, 0.3) is 0 Å². The van der Waals surface area contributed by atoms with Crippen LogP contribution in [0.4, 0.5) is 23.7 Å². The van der Waals surface area contributed by atoms with Gasteiger partial charge in [0.15, 0.2) is 5.76 Å². The first-order valence-corrected chi connectivity index (χ1v) is 8.83. The molecule has 10 heteroatoms. The first-order valence-electron chi connectivity index (χ1n) is 8.83. The molecule has 1 aromatic carbocycles. The number of carbonyl (C=O) groups is 1. The summed E-state index contributed by atoms with van der Waals surface area (Å²) in [6.45, 7) is 4.05. The number of alkyl halides is 3. The molecule has 152 valence electrons. The number of anilines is 1. The highest BCUT2D eigenvalue weighted by atomic mass is 19.4. The number of rotatable bonds is 6. The van der Waals surface area contributed by atoms with Crippen LogP contribution in [0.3, 0.4) is 0 Å². The molecule has 7 nitrogen and oxygen atoms in total. The molecule has 0 aliphatic carbocycles. The Kier molecular flexibility index (Phi) is 5.96. The van der Waals surface area contributed by atoms with E-state index in [0.717, 1.165) is 24.3 Å². The van der Waals surface area contributed by atoms with E-state index in [1.165, 1.54) is 12.1 Å². The fraction of sp³-hybridized carbons (Fsp3) is 0.444. The van der Waals surface area contributed by atoms with Crippen LogP contribution in [0.1, 0.15) is 17.9 Å². The number of hydrogen-bond acceptors (Lipinski definition) is 5. The molecule has 1 atom stereocenters. The van der Waals surface area contributed by atoms with Gasteiger partial charge in [-0.1, -0.05) is 5.16 Å². The second-order valence-corrected chi connectivity index (χ2v) is 6.64. The predicted octanol–water partition coefficient (Wildman–Crippen LogP) is 3.21. The maximum Gasteiger partial charge on any atom is 0.573 e. The molecular weight excluding hydrogens is 377 g/mol. The number of nitrogens with zero attached hydrogens (tertiary/aromatic N) is 2. The van der Waals surface area contributed by atoms with Gasteiger partial charge in [0.2, 0.25) is 0 Å².